The van der Waals surface area contributed by atoms with Gasteiger partial charge in [0.25, 0.3) is 0 Å². The first-order valence-corrected chi connectivity index (χ1v) is 17.0. The fourth-order valence-electron chi connectivity index (χ4n) is 7.80. The highest BCUT2D eigenvalue weighted by Gasteiger charge is 2.60. The number of aromatic nitrogens is 1. The number of thiophene rings is 2. The lowest BCUT2D eigenvalue weighted by molar-refractivity contribution is -0.362. The molecule has 5 heterocycles. The van der Waals surface area contributed by atoms with Crippen LogP contribution in [0.25, 0.3) is 37.7 Å². The van der Waals surface area contributed by atoms with Gasteiger partial charge < -0.3 is 17.6 Å². The molecular weight excluding hydrogens is 630 g/mol. The van der Waals surface area contributed by atoms with Gasteiger partial charge >= 0.3 is 13.1 Å². The molecule has 0 saturated heterocycles. The van der Waals surface area contributed by atoms with Crippen molar-refractivity contribution in [2.24, 2.45) is 0 Å². The average Bonchev–Trinajstić information content (AvgIpc) is 3.80. The van der Waals surface area contributed by atoms with E-state index in [1.807, 2.05) is 74.5 Å². The van der Waals surface area contributed by atoms with Crippen LogP contribution in [-0.4, -0.2) is 27.8 Å². The molecule has 0 atom stereocenters. The van der Waals surface area contributed by atoms with Gasteiger partial charge in [0.2, 0.25) is 0 Å². The van der Waals surface area contributed by atoms with Crippen molar-refractivity contribution in [1.29, 1.82) is 0 Å². The number of fused-ring (bicyclic) bond motifs is 9. The third-order valence-corrected chi connectivity index (χ3v) is 11.8. The van der Waals surface area contributed by atoms with Crippen molar-refractivity contribution in [3.8, 4) is 32.1 Å². The molecule has 0 fully saturated rings. The highest BCUT2D eigenvalue weighted by molar-refractivity contribution is 7.15. The van der Waals surface area contributed by atoms with Crippen LogP contribution in [0.5, 0.6) is 0 Å². The second-order valence-corrected chi connectivity index (χ2v) is 15.1. The van der Waals surface area contributed by atoms with Gasteiger partial charge in [-0.3, -0.25) is 0 Å². The molecule has 0 bridgehead atoms. The normalized spacial score (nSPS) is 17.7. The topological polar surface area (TPSA) is 7.94 Å². The van der Waals surface area contributed by atoms with Crippen molar-refractivity contribution in [3.63, 3.8) is 0 Å². The molecule has 0 radical (unpaired) electrons. The second-order valence-electron chi connectivity index (χ2n) is 12.6. The van der Waals surface area contributed by atoms with Gasteiger partial charge in [-0.25, -0.2) is 0 Å². The number of alkyl halides is 3. The predicted molar refractivity (Wildman–Crippen MR) is 177 cm³/mol. The lowest BCUT2D eigenvalue weighted by atomic mass is 9.82. The van der Waals surface area contributed by atoms with Gasteiger partial charge in [0.15, 0.2) is 11.4 Å². The first-order valence-electron chi connectivity index (χ1n) is 15.3. The lowest BCUT2D eigenvalue weighted by Crippen LogP contribution is -2.52. The highest BCUT2D eigenvalue weighted by atomic mass is 32.1. The first-order chi connectivity index (χ1) is 22.0. The van der Waals surface area contributed by atoms with Crippen LogP contribution in [0.1, 0.15) is 44.1 Å². The average molecular weight is 657 g/mol. The third-order valence-electron chi connectivity index (χ3n) is 9.75. The SMILES string of the molecule is Cc1ccc(-c2ccc3c(c2)CCC2=CC4=C(C(F)(F)F)c5cc6c(n5[B-](F)(F)[N+]4=C23)-c2ccc(-c3ccc(C)s3)cc2CC6)s1. The Balaban J connectivity index is 1.27. The minimum atomic E-state index is -4.84. The molecule has 2 aliphatic carbocycles. The standard InChI is InChI=1S/C36H26BF5N2S2/c1-19-3-13-31(45-19)23-9-11-27-21(15-23)5-7-25-17-29-33(36(38,39)40)30-18-26-8-6-22-16-24(32-14-4-20(2)46-32)10-12-28(22)35(26)44(30)37(41,42)43(29)34(25)27/h3-4,9-18H,5-8H2,1-2H3. The summed E-state index contributed by atoms with van der Waals surface area (Å²) in [5.41, 5.74) is 4.45. The quantitative estimate of drug-likeness (QED) is 0.132. The van der Waals surface area contributed by atoms with Crippen molar-refractivity contribution in [3.05, 3.63) is 122 Å². The van der Waals surface area contributed by atoms with Crippen LogP contribution in [0, 0.1) is 13.8 Å². The van der Waals surface area contributed by atoms with Crippen LogP contribution >= 0.6 is 22.7 Å². The summed E-state index contributed by atoms with van der Waals surface area (Å²) >= 11 is 3.30. The summed E-state index contributed by atoms with van der Waals surface area (Å²) in [6.45, 7) is -0.621. The monoisotopic (exact) mass is 656 g/mol. The Morgan fingerprint density at radius 1 is 0.717 bits per heavy atom. The molecule has 4 aliphatic rings. The van der Waals surface area contributed by atoms with E-state index >= 15 is 21.8 Å². The number of benzene rings is 2. The zero-order chi connectivity index (χ0) is 31.7. The largest absolute Gasteiger partial charge is 0.737 e. The summed E-state index contributed by atoms with van der Waals surface area (Å²) < 4.78 is 81.2. The Kier molecular flexibility index (Phi) is 5.84. The number of rotatable bonds is 2. The van der Waals surface area contributed by atoms with E-state index in [2.05, 4.69) is 0 Å². The summed E-state index contributed by atoms with van der Waals surface area (Å²) in [7, 11) is 0. The summed E-state index contributed by atoms with van der Waals surface area (Å²) in [6.07, 6.45) is -1.53. The molecule has 3 aromatic heterocycles. The van der Waals surface area contributed by atoms with Crippen molar-refractivity contribution in [1.82, 2.24) is 4.48 Å². The van der Waals surface area contributed by atoms with Crippen LogP contribution in [0.15, 0.2) is 84.1 Å². The van der Waals surface area contributed by atoms with E-state index in [9.17, 15) is 0 Å². The fourth-order valence-corrected chi connectivity index (χ4v) is 9.53. The number of allylic oxidation sites excluding steroid dienone is 3. The van der Waals surface area contributed by atoms with Crippen molar-refractivity contribution >= 4 is 40.9 Å². The van der Waals surface area contributed by atoms with Crippen LogP contribution in [-0.2, 0) is 19.3 Å². The first kappa shape index (κ1) is 28.2. The van der Waals surface area contributed by atoms with E-state index in [4.69, 9.17) is 0 Å². The summed E-state index contributed by atoms with van der Waals surface area (Å²) in [5.74, 6) is 0. The van der Waals surface area contributed by atoms with Gasteiger partial charge in [-0.05, 0) is 121 Å². The van der Waals surface area contributed by atoms with Crippen LogP contribution in [0.2, 0.25) is 0 Å². The molecule has 46 heavy (non-hydrogen) atoms. The molecule has 0 unspecified atom stereocenters. The minimum absolute atomic E-state index is 0.199. The molecule has 2 aromatic carbocycles. The smallest absolute Gasteiger partial charge is 0.389 e. The van der Waals surface area contributed by atoms with Crippen LogP contribution in [0.3, 0.4) is 0 Å². The zero-order valence-electron chi connectivity index (χ0n) is 24.9. The number of hydrogen-bond donors (Lipinski definition) is 0. The molecule has 0 N–H and O–H groups in total. The molecule has 2 aliphatic heterocycles. The number of nitrogens with zero attached hydrogens (tertiary/aromatic N) is 2. The Morgan fingerprint density at radius 3 is 1.91 bits per heavy atom. The summed E-state index contributed by atoms with van der Waals surface area (Å²) in [5, 5.41) is 0. The second kappa shape index (κ2) is 9.52. The van der Waals surface area contributed by atoms with E-state index in [1.165, 1.54) is 21.9 Å². The van der Waals surface area contributed by atoms with Crippen LogP contribution < -0.4 is 0 Å². The highest BCUT2D eigenvalue weighted by Crippen LogP contribution is 2.51. The van der Waals surface area contributed by atoms with Gasteiger partial charge in [0.05, 0.1) is 0 Å². The van der Waals surface area contributed by atoms with Crippen molar-refractivity contribution in [2.45, 2.75) is 45.7 Å². The molecule has 230 valence electrons. The van der Waals surface area contributed by atoms with E-state index in [-0.39, 0.29) is 11.4 Å². The molecule has 2 nitrogen and oxygen atoms in total. The maximum atomic E-state index is 17.3. The Morgan fingerprint density at radius 2 is 1.30 bits per heavy atom. The fraction of sp³-hybridized carbons (Fsp3) is 0.194. The Labute approximate surface area is 270 Å². The molecule has 0 amide bonds. The van der Waals surface area contributed by atoms with Crippen molar-refractivity contribution in [2.75, 3.05) is 0 Å². The summed E-state index contributed by atoms with van der Waals surface area (Å²) in [6, 6.07) is 21.0. The van der Waals surface area contributed by atoms with Gasteiger partial charge in [-0.1, -0.05) is 18.2 Å². The number of halogens is 5. The third kappa shape index (κ3) is 3.95. The van der Waals surface area contributed by atoms with E-state index in [1.54, 1.807) is 22.7 Å². The van der Waals surface area contributed by atoms with E-state index in [0.717, 1.165) is 41.0 Å². The van der Waals surface area contributed by atoms with Gasteiger partial charge in [-0.2, -0.15) is 13.2 Å². The lowest BCUT2D eigenvalue weighted by Gasteiger charge is -2.35. The van der Waals surface area contributed by atoms with Gasteiger partial charge in [0.1, 0.15) is 5.57 Å². The molecule has 0 spiro atoms. The van der Waals surface area contributed by atoms with Gasteiger partial charge in [-0.15, -0.1) is 22.7 Å². The molecule has 0 saturated carbocycles. The zero-order valence-corrected chi connectivity index (χ0v) is 26.6. The number of hydrogen-bond acceptors (Lipinski definition) is 2. The maximum Gasteiger partial charge on any atom is 0.737 e. The molecule has 10 heteroatoms. The maximum absolute atomic E-state index is 17.3. The number of aryl methyl sites for hydroxylation is 5. The van der Waals surface area contributed by atoms with E-state index in [0.29, 0.717) is 47.9 Å². The molecule has 9 rings (SSSR count). The molecular formula is C36H26BF5N2S2. The Bertz CT molecular complexity index is 2260. The van der Waals surface area contributed by atoms with Crippen LogP contribution in [0.4, 0.5) is 21.8 Å². The predicted octanol–water partition coefficient (Wildman–Crippen LogP) is 10.2. The molecule has 5 aromatic rings. The summed E-state index contributed by atoms with van der Waals surface area (Å²) in [4.78, 5) is 4.48. The Hall–Kier alpha value is -4.02. The van der Waals surface area contributed by atoms with E-state index < -0.39 is 30.1 Å². The minimum Gasteiger partial charge on any atom is -0.389 e. The van der Waals surface area contributed by atoms with Gasteiger partial charge in [0, 0.05) is 48.1 Å². The van der Waals surface area contributed by atoms with Crippen molar-refractivity contribution < 1.29 is 26.3 Å².